The van der Waals surface area contributed by atoms with Gasteiger partial charge in [0, 0.05) is 12.1 Å². The lowest BCUT2D eigenvalue weighted by molar-refractivity contribution is -0.141. The molecule has 2 aliphatic rings. The van der Waals surface area contributed by atoms with Gasteiger partial charge in [0.15, 0.2) is 0 Å². The lowest BCUT2D eigenvalue weighted by Gasteiger charge is -2.23. The zero-order valence-electron chi connectivity index (χ0n) is 12.8. The van der Waals surface area contributed by atoms with Crippen molar-refractivity contribution < 1.29 is 23.1 Å². The molecule has 3 heterocycles. The van der Waals surface area contributed by atoms with E-state index in [1.165, 1.54) is 34.1 Å². The highest BCUT2D eigenvalue weighted by Gasteiger charge is 2.36. The highest BCUT2D eigenvalue weighted by molar-refractivity contribution is 7.93. The fraction of sp³-hybridized carbons (Fsp3) is 0.286. The normalized spacial score (nSPS) is 20.5. The topological polar surface area (TPSA) is 134 Å². The Kier molecular flexibility index (Phi) is 3.29. The number of benzene rings is 1. The number of aromatic nitrogens is 3. The van der Waals surface area contributed by atoms with Crippen LogP contribution in [-0.4, -0.2) is 57.7 Å². The Morgan fingerprint density at radius 3 is 2.88 bits per heavy atom. The quantitative estimate of drug-likeness (QED) is 0.771. The Labute approximate surface area is 142 Å². The third-order valence-electron chi connectivity index (χ3n) is 4.30. The number of fused-ring (bicyclic) bond motifs is 3. The maximum Gasteiger partial charge on any atom is 0.326 e. The Hall–Kier alpha value is -2.95. The van der Waals surface area contributed by atoms with Gasteiger partial charge in [0.05, 0.1) is 5.69 Å². The molecule has 10 nitrogen and oxygen atoms in total. The van der Waals surface area contributed by atoms with Gasteiger partial charge in [-0.1, -0.05) is 0 Å². The second kappa shape index (κ2) is 5.28. The second-order valence-corrected chi connectivity index (χ2v) is 7.43. The SMILES string of the molecule is O=C(O)[C@@H]1CCCN1C(=O)c1ccc2c(c1)S(=O)(=O)Nc1ncnn1-2. The summed E-state index contributed by atoms with van der Waals surface area (Å²) in [6.45, 7) is 0.325. The number of nitrogens with zero attached hydrogens (tertiary/aromatic N) is 4. The third kappa shape index (κ3) is 2.35. The van der Waals surface area contributed by atoms with E-state index < -0.39 is 27.9 Å². The van der Waals surface area contributed by atoms with Gasteiger partial charge >= 0.3 is 5.97 Å². The zero-order chi connectivity index (χ0) is 17.8. The van der Waals surface area contributed by atoms with E-state index >= 15 is 0 Å². The highest BCUT2D eigenvalue weighted by atomic mass is 32.2. The number of rotatable bonds is 2. The van der Waals surface area contributed by atoms with E-state index in [4.69, 9.17) is 0 Å². The molecule has 0 aliphatic carbocycles. The molecule has 1 amide bonds. The molecule has 0 unspecified atom stereocenters. The Morgan fingerprint density at radius 1 is 1.32 bits per heavy atom. The summed E-state index contributed by atoms with van der Waals surface area (Å²) >= 11 is 0. The molecule has 2 N–H and O–H groups in total. The van der Waals surface area contributed by atoms with Crippen LogP contribution in [0, 0.1) is 0 Å². The molecule has 0 saturated carbocycles. The van der Waals surface area contributed by atoms with Crippen LogP contribution in [0.2, 0.25) is 0 Å². The number of hydrogen-bond donors (Lipinski definition) is 2. The summed E-state index contributed by atoms with van der Waals surface area (Å²) in [5.41, 5.74) is 0.389. The van der Waals surface area contributed by atoms with Gasteiger partial charge in [0.1, 0.15) is 17.3 Å². The Morgan fingerprint density at radius 2 is 2.12 bits per heavy atom. The van der Waals surface area contributed by atoms with Crippen LogP contribution in [0.15, 0.2) is 29.4 Å². The molecule has 0 spiro atoms. The van der Waals surface area contributed by atoms with Gasteiger partial charge in [-0.3, -0.25) is 4.79 Å². The van der Waals surface area contributed by atoms with Crippen molar-refractivity contribution in [2.45, 2.75) is 23.8 Å². The number of likely N-dealkylation sites (tertiary alicyclic amines) is 1. The van der Waals surface area contributed by atoms with Crippen molar-refractivity contribution in [1.29, 1.82) is 0 Å². The van der Waals surface area contributed by atoms with Crippen LogP contribution >= 0.6 is 0 Å². The van der Waals surface area contributed by atoms with Crippen molar-refractivity contribution in [3.05, 3.63) is 30.1 Å². The summed E-state index contributed by atoms with van der Waals surface area (Å²) in [7, 11) is -3.90. The molecule has 1 saturated heterocycles. The monoisotopic (exact) mass is 363 g/mol. The predicted molar refractivity (Wildman–Crippen MR) is 83.9 cm³/mol. The van der Waals surface area contributed by atoms with Crippen LogP contribution in [0.4, 0.5) is 5.95 Å². The average molecular weight is 363 g/mol. The molecule has 25 heavy (non-hydrogen) atoms. The van der Waals surface area contributed by atoms with Crippen LogP contribution < -0.4 is 4.72 Å². The number of sulfonamides is 1. The fourth-order valence-corrected chi connectivity index (χ4v) is 4.33. The number of carbonyl (C=O) groups excluding carboxylic acids is 1. The molecule has 0 bridgehead atoms. The number of nitrogens with one attached hydrogen (secondary N) is 1. The minimum absolute atomic E-state index is 0.0667. The van der Waals surface area contributed by atoms with Crippen molar-refractivity contribution in [1.82, 2.24) is 19.7 Å². The highest BCUT2D eigenvalue weighted by Crippen LogP contribution is 2.30. The molecule has 2 aromatic rings. The molecule has 1 fully saturated rings. The largest absolute Gasteiger partial charge is 0.480 e. The van der Waals surface area contributed by atoms with E-state index in [-0.39, 0.29) is 22.1 Å². The first-order chi connectivity index (χ1) is 11.9. The lowest BCUT2D eigenvalue weighted by Crippen LogP contribution is -2.40. The molecule has 0 radical (unpaired) electrons. The minimum atomic E-state index is -3.90. The number of hydrogen-bond acceptors (Lipinski definition) is 6. The zero-order valence-corrected chi connectivity index (χ0v) is 13.6. The summed E-state index contributed by atoms with van der Waals surface area (Å²) in [5, 5.41) is 13.2. The first-order valence-electron chi connectivity index (χ1n) is 7.49. The van der Waals surface area contributed by atoms with Crippen LogP contribution in [0.3, 0.4) is 0 Å². The summed E-state index contributed by atoms with van der Waals surface area (Å²) < 4.78 is 28.4. The molecule has 1 atom stereocenters. The third-order valence-corrected chi connectivity index (χ3v) is 5.65. The number of carboxylic acids is 1. The Balaban J connectivity index is 1.77. The van der Waals surface area contributed by atoms with E-state index in [1.807, 2.05) is 0 Å². The molecule has 130 valence electrons. The van der Waals surface area contributed by atoms with E-state index in [9.17, 15) is 23.1 Å². The molecular weight excluding hydrogens is 350 g/mol. The number of carbonyl (C=O) groups is 2. The number of aliphatic carboxylic acids is 1. The van der Waals surface area contributed by atoms with Gasteiger partial charge in [0.25, 0.3) is 15.9 Å². The molecule has 4 rings (SSSR count). The smallest absolute Gasteiger partial charge is 0.326 e. The van der Waals surface area contributed by atoms with Gasteiger partial charge in [0.2, 0.25) is 5.95 Å². The van der Waals surface area contributed by atoms with E-state index in [0.29, 0.717) is 19.4 Å². The lowest BCUT2D eigenvalue weighted by atomic mass is 10.1. The van der Waals surface area contributed by atoms with Gasteiger partial charge in [-0.15, -0.1) is 0 Å². The minimum Gasteiger partial charge on any atom is -0.480 e. The van der Waals surface area contributed by atoms with E-state index in [1.54, 1.807) is 0 Å². The maximum atomic E-state index is 12.7. The first-order valence-corrected chi connectivity index (χ1v) is 8.98. The molecule has 1 aromatic heterocycles. The number of amides is 1. The van der Waals surface area contributed by atoms with Gasteiger partial charge < -0.3 is 10.0 Å². The van der Waals surface area contributed by atoms with Gasteiger partial charge in [-0.05, 0) is 31.0 Å². The van der Waals surface area contributed by atoms with Gasteiger partial charge in [-0.25, -0.2) is 17.9 Å². The maximum absolute atomic E-state index is 12.7. The fourth-order valence-electron chi connectivity index (χ4n) is 3.13. The summed E-state index contributed by atoms with van der Waals surface area (Å²) in [6.07, 6.45) is 2.19. The average Bonchev–Trinajstić information content (AvgIpc) is 3.22. The summed E-state index contributed by atoms with van der Waals surface area (Å²) in [6, 6.07) is 3.28. The summed E-state index contributed by atoms with van der Waals surface area (Å²) in [4.78, 5) is 28.9. The van der Waals surface area contributed by atoms with Crippen molar-refractivity contribution >= 4 is 27.8 Å². The number of anilines is 1. The number of carboxylic acid groups (broad SMARTS) is 1. The second-order valence-electron chi connectivity index (χ2n) is 5.78. The molecule has 1 aromatic carbocycles. The van der Waals surface area contributed by atoms with Crippen molar-refractivity contribution in [3.63, 3.8) is 0 Å². The van der Waals surface area contributed by atoms with Crippen LogP contribution in [0.25, 0.3) is 5.69 Å². The van der Waals surface area contributed by atoms with Crippen LogP contribution in [0.1, 0.15) is 23.2 Å². The first kappa shape index (κ1) is 15.6. The van der Waals surface area contributed by atoms with Crippen molar-refractivity contribution in [2.75, 3.05) is 11.3 Å². The van der Waals surface area contributed by atoms with Crippen LogP contribution in [-0.2, 0) is 14.8 Å². The molecule has 11 heteroatoms. The van der Waals surface area contributed by atoms with Crippen molar-refractivity contribution in [2.24, 2.45) is 0 Å². The van der Waals surface area contributed by atoms with Crippen LogP contribution in [0.5, 0.6) is 0 Å². The standard InChI is InChI=1S/C14H13N5O5S/c20-12(18-5-1-2-10(18)13(21)22)8-3-4-9-11(6-8)25(23,24)17-14-15-7-16-19(9)14/h3-4,6-7,10H,1-2,5H2,(H,21,22)(H,15,16,17)/t10-/m0/s1. The van der Waals surface area contributed by atoms with E-state index in [2.05, 4.69) is 14.8 Å². The van der Waals surface area contributed by atoms with E-state index in [0.717, 1.165) is 0 Å². The van der Waals surface area contributed by atoms with Gasteiger partial charge in [-0.2, -0.15) is 14.8 Å². The Bertz CT molecular complexity index is 999. The van der Waals surface area contributed by atoms with Crippen molar-refractivity contribution in [3.8, 4) is 5.69 Å². The predicted octanol–water partition coefficient (Wildman–Crippen LogP) is 0.0707. The summed E-state index contributed by atoms with van der Waals surface area (Å²) in [5.74, 6) is -1.50. The molecule has 2 aliphatic heterocycles. The molecular formula is C14H13N5O5S.